The first-order valence-corrected chi connectivity index (χ1v) is 4.10. The van der Waals surface area contributed by atoms with Crippen LogP contribution in [-0.4, -0.2) is 11.1 Å². The van der Waals surface area contributed by atoms with E-state index in [1.165, 1.54) is 0 Å². The highest BCUT2D eigenvalue weighted by molar-refractivity contribution is 5.87. The van der Waals surface area contributed by atoms with E-state index in [0.717, 1.165) is 5.56 Å². The first-order valence-electron chi connectivity index (χ1n) is 4.10. The molecule has 2 heteroatoms. The lowest BCUT2D eigenvalue weighted by atomic mass is 9.94. The van der Waals surface area contributed by atoms with E-state index in [4.69, 9.17) is 5.11 Å². The van der Waals surface area contributed by atoms with Crippen molar-refractivity contribution in [3.05, 3.63) is 48.0 Å². The molecule has 0 unspecified atom stereocenters. The third-order valence-electron chi connectivity index (χ3n) is 2.10. The summed E-state index contributed by atoms with van der Waals surface area (Å²) in [6.07, 6.45) is 0. The summed E-state index contributed by atoms with van der Waals surface area (Å²) < 4.78 is 0. The highest BCUT2D eigenvalue weighted by atomic mass is 16.4. The molecule has 0 amide bonds. The van der Waals surface area contributed by atoms with Crippen molar-refractivity contribution >= 4 is 5.97 Å². The normalized spacial score (nSPS) is 12.1. The molecule has 1 atom stereocenters. The maximum absolute atomic E-state index is 10.6. The summed E-state index contributed by atoms with van der Waals surface area (Å²) in [5, 5.41) is 8.71. The predicted molar refractivity (Wildman–Crippen MR) is 51.6 cm³/mol. The molecule has 13 heavy (non-hydrogen) atoms. The van der Waals surface area contributed by atoms with Gasteiger partial charge in [0.1, 0.15) is 0 Å². The zero-order valence-corrected chi connectivity index (χ0v) is 7.53. The van der Waals surface area contributed by atoms with Gasteiger partial charge in [-0.3, -0.25) is 0 Å². The van der Waals surface area contributed by atoms with Gasteiger partial charge in [-0.2, -0.15) is 0 Å². The summed E-state index contributed by atoms with van der Waals surface area (Å²) in [7, 11) is 0. The van der Waals surface area contributed by atoms with E-state index in [1.807, 2.05) is 37.3 Å². The van der Waals surface area contributed by atoms with Crippen LogP contribution in [0, 0.1) is 0 Å². The Morgan fingerprint density at radius 1 is 1.38 bits per heavy atom. The minimum absolute atomic E-state index is 0.126. The van der Waals surface area contributed by atoms with Crippen molar-refractivity contribution < 1.29 is 9.90 Å². The monoisotopic (exact) mass is 176 g/mol. The van der Waals surface area contributed by atoms with Crippen LogP contribution in [0.25, 0.3) is 0 Å². The Kier molecular flexibility index (Phi) is 2.85. The SMILES string of the molecule is C=C(C(=O)O)[C@@H](C)c1ccccc1. The van der Waals surface area contributed by atoms with Crippen LogP contribution in [-0.2, 0) is 4.79 Å². The molecule has 0 saturated heterocycles. The third kappa shape index (κ3) is 2.18. The number of carbonyl (C=O) groups is 1. The topological polar surface area (TPSA) is 37.3 Å². The fraction of sp³-hybridized carbons (Fsp3) is 0.182. The highest BCUT2D eigenvalue weighted by Gasteiger charge is 2.14. The largest absolute Gasteiger partial charge is 0.478 e. The van der Waals surface area contributed by atoms with Crippen LogP contribution in [0.2, 0.25) is 0 Å². The summed E-state index contributed by atoms with van der Waals surface area (Å²) >= 11 is 0. The average Bonchev–Trinajstić information content (AvgIpc) is 2.17. The van der Waals surface area contributed by atoms with E-state index in [0.29, 0.717) is 0 Å². The van der Waals surface area contributed by atoms with Crippen molar-refractivity contribution in [2.24, 2.45) is 0 Å². The van der Waals surface area contributed by atoms with Crippen molar-refractivity contribution in [2.75, 3.05) is 0 Å². The molecule has 0 aliphatic heterocycles. The van der Waals surface area contributed by atoms with Crippen LogP contribution < -0.4 is 0 Å². The average molecular weight is 176 g/mol. The minimum Gasteiger partial charge on any atom is -0.478 e. The van der Waals surface area contributed by atoms with Gasteiger partial charge in [0.2, 0.25) is 0 Å². The highest BCUT2D eigenvalue weighted by Crippen LogP contribution is 2.21. The lowest BCUT2D eigenvalue weighted by molar-refractivity contribution is -0.132. The van der Waals surface area contributed by atoms with Gasteiger partial charge in [-0.15, -0.1) is 0 Å². The van der Waals surface area contributed by atoms with Gasteiger partial charge in [0.15, 0.2) is 0 Å². The number of aliphatic carboxylic acids is 1. The van der Waals surface area contributed by atoms with Crippen molar-refractivity contribution in [1.29, 1.82) is 0 Å². The molecule has 0 fully saturated rings. The van der Waals surface area contributed by atoms with Crippen LogP contribution >= 0.6 is 0 Å². The van der Waals surface area contributed by atoms with Crippen LogP contribution in [0.4, 0.5) is 0 Å². The summed E-state index contributed by atoms with van der Waals surface area (Å²) in [5.41, 5.74) is 1.21. The van der Waals surface area contributed by atoms with Crippen molar-refractivity contribution in [1.82, 2.24) is 0 Å². The molecule has 0 aromatic heterocycles. The summed E-state index contributed by atoms with van der Waals surface area (Å²) in [4.78, 5) is 10.6. The molecule has 0 spiro atoms. The summed E-state index contributed by atoms with van der Waals surface area (Å²) in [6.45, 7) is 5.37. The van der Waals surface area contributed by atoms with E-state index in [2.05, 4.69) is 6.58 Å². The molecule has 1 aromatic carbocycles. The molecule has 2 nitrogen and oxygen atoms in total. The maximum atomic E-state index is 10.6. The first kappa shape index (κ1) is 9.52. The Balaban J connectivity index is 2.86. The van der Waals surface area contributed by atoms with E-state index in [-0.39, 0.29) is 11.5 Å². The van der Waals surface area contributed by atoms with Gasteiger partial charge < -0.3 is 5.11 Å². The Hall–Kier alpha value is -1.57. The zero-order valence-electron chi connectivity index (χ0n) is 7.53. The number of hydrogen-bond donors (Lipinski definition) is 1. The van der Waals surface area contributed by atoms with Gasteiger partial charge in [-0.1, -0.05) is 43.8 Å². The molecule has 1 N–H and O–H groups in total. The quantitative estimate of drug-likeness (QED) is 0.718. The van der Waals surface area contributed by atoms with E-state index in [9.17, 15) is 4.79 Å². The van der Waals surface area contributed by atoms with Gasteiger partial charge in [-0.25, -0.2) is 4.79 Å². The second-order valence-electron chi connectivity index (χ2n) is 2.96. The molecule has 1 rings (SSSR count). The van der Waals surface area contributed by atoms with Crippen molar-refractivity contribution in [3.8, 4) is 0 Å². The zero-order chi connectivity index (χ0) is 9.84. The number of carboxylic acid groups (broad SMARTS) is 1. The molecule has 0 heterocycles. The predicted octanol–water partition coefficient (Wildman–Crippen LogP) is 2.43. The smallest absolute Gasteiger partial charge is 0.331 e. The van der Waals surface area contributed by atoms with Gasteiger partial charge in [-0.05, 0) is 5.56 Å². The lowest BCUT2D eigenvalue weighted by Crippen LogP contribution is -2.06. The molecule has 1 aromatic rings. The van der Waals surface area contributed by atoms with Crippen LogP contribution in [0.3, 0.4) is 0 Å². The summed E-state index contributed by atoms with van der Waals surface area (Å²) in [6, 6.07) is 9.49. The number of carboxylic acids is 1. The molecule has 0 radical (unpaired) electrons. The molecule has 0 aliphatic rings. The number of hydrogen-bond acceptors (Lipinski definition) is 1. The van der Waals surface area contributed by atoms with Crippen LogP contribution in [0.15, 0.2) is 42.5 Å². The summed E-state index contributed by atoms with van der Waals surface area (Å²) in [5.74, 6) is -1.06. The fourth-order valence-electron chi connectivity index (χ4n) is 1.13. The maximum Gasteiger partial charge on any atom is 0.331 e. The second-order valence-corrected chi connectivity index (χ2v) is 2.96. The van der Waals surface area contributed by atoms with E-state index >= 15 is 0 Å². The third-order valence-corrected chi connectivity index (χ3v) is 2.10. The number of benzene rings is 1. The van der Waals surface area contributed by atoms with E-state index < -0.39 is 5.97 Å². The number of rotatable bonds is 3. The Morgan fingerprint density at radius 2 is 1.92 bits per heavy atom. The fourth-order valence-corrected chi connectivity index (χ4v) is 1.13. The van der Waals surface area contributed by atoms with E-state index in [1.54, 1.807) is 0 Å². The molecular weight excluding hydrogens is 164 g/mol. The Bertz CT molecular complexity index is 314. The lowest BCUT2D eigenvalue weighted by Gasteiger charge is -2.10. The van der Waals surface area contributed by atoms with Gasteiger partial charge in [0, 0.05) is 11.5 Å². The molecule has 0 bridgehead atoms. The van der Waals surface area contributed by atoms with Crippen LogP contribution in [0.5, 0.6) is 0 Å². The van der Waals surface area contributed by atoms with Crippen LogP contribution in [0.1, 0.15) is 18.4 Å². The Morgan fingerprint density at radius 3 is 2.38 bits per heavy atom. The van der Waals surface area contributed by atoms with Crippen molar-refractivity contribution in [2.45, 2.75) is 12.8 Å². The first-order chi connectivity index (χ1) is 6.13. The standard InChI is InChI=1S/C11H12O2/c1-8(9(2)11(12)13)10-6-4-3-5-7-10/h3-8H,2H2,1H3,(H,12,13)/t8-/m1/s1. The Labute approximate surface area is 77.5 Å². The second kappa shape index (κ2) is 3.90. The molecule has 0 aliphatic carbocycles. The van der Waals surface area contributed by atoms with Gasteiger partial charge >= 0.3 is 5.97 Å². The molecule has 68 valence electrons. The van der Waals surface area contributed by atoms with Gasteiger partial charge in [0.25, 0.3) is 0 Å². The minimum atomic E-state index is -0.934. The van der Waals surface area contributed by atoms with Gasteiger partial charge in [0.05, 0.1) is 0 Å². The molecule has 0 saturated carbocycles. The van der Waals surface area contributed by atoms with Crippen molar-refractivity contribution in [3.63, 3.8) is 0 Å². The molecular formula is C11H12O2.